The van der Waals surface area contributed by atoms with Crippen LogP contribution in [0.2, 0.25) is 0 Å². The maximum absolute atomic E-state index is 12.0. The van der Waals surface area contributed by atoms with Crippen LogP contribution in [0.5, 0.6) is 0 Å². The largest absolute Gasteiger partial charge is 0.338 e. The molecule has 0 N–H and O–H groups in total. The second kappa shape index (κ2) is 4.40. The van der Waals surface area contributed by atoms with E-state index in [4.69, 9.17) is 4.52 Å². The van der Waals surface area contributed by atoms with E-state index in [2.05, 4.69) is 15.2 Å². The first kappa shape index (κ1) is 11.4. The van der Waals surface area contributed by atoms with Crippen molar-refractivity contribution in [3.8, 4) is 11.4 Å². The number of aryl methyl sites for hydroxylation is 1. The van der Waals surface area contributed by atoms with Gasteiger partial charge in [-0.3, -0.25) is 9.48 Å². The number of hydrogen-bond donors (Lipinski definition) is 0. The molecule has 6 nitrogen and oxygen atoms in total. The van der Waals surface area contributed by atoms with Gasteiger partial charge in [0.15, 0.2) is 0 Å². The first-order chi connectivity index (χ1) is 8.06. The molecule has 17 heavy (non-hydrogen) atoms. The Morgan fingerprint density at radius 3 is 2.94 bits per heavy atom. The van der Waals surface area contributed by atoms with E-state index in [0.29, 0.717) is 5.56 Å². The fourth-order valence-corrected chi connectivity index (χ4v) is 1.21. The maximum Gasteiger partial charge on any atom is 0.296 e. The summed E-state index contributed by atoms with van der Waals surface area (Å²) >= 11 is 0. The molecule has 2 aromatic heterocycles. The summed E-state index contributed by atoms with van der Waals surface area (Å²) in [5, 5.41) is 7.48. The van der Waals surface area contributed by atoms with Gasteiger partial charge in [0.1, 0.15) is 0 Å². The highest BCUT2D eigenvalue weighted by molar-refractivity contribution is 5.82. The summed E-state index contributed by atoms with van der Waals surface area (Å²) in [6.45, 7) is 0. The zero-order valence-corrected chi connectivity index (χ0v) is 8.80. The van der Waals surface area contributed by atoms with Crippen LogP contribution in [0.3, 0.4) is 0 Å². The summed E-state index contributed by atoms with van der Waals surface area (Å²) in [5.74, 6) is -1.16. The average molecular weight is 242 g/mol. The minimum absolute atomic E-state index is 0.130. The molecule has 8 heteroatoms. The van der Waals surface area contributed by atoms with E-state index in [1.54, 1.807) is 13.2 Å². The molecule has 0 aliphatic heterocycles. The van der Waals surface area contributed by atoms with Gasteiger partial charge in [0.05, 0.1) is 18.2 Å². The number of Topliss-reactive ketones (excluding diaryl/α,β-unsaturated/α-hetero) is 1. The third-order valence-electron chi connectivity index (χ3n) is 2.00. The second-order valence-corrected chi connectivity index (χ2v) is 3.36. The smallest absolute Gasteiger partial charge is 0.296 e. The number of aromatic nitrogens is 4. The van der Waals surface area contributed by atoms with Crippen LogP contribution in [0.1, 0.15) is 5.89 Å². The van der Waals surface area contributed by atoms with E-state index in [1.807, 2.05) is 0 Å². The molecule has 2 heterocycles. The van der Waals surface area contributed by atoms with Crippen molar-refractivity contribution in [2.24, 2.45) is 7.05 Å². The van der Waals surface area contributed by atoms with Crippen molar-refractivity contribution in [2.45, 2.75) is 12.8 Å². The lowest BCUT2D eigenvalue weighted by molar-refractivity contribution is -0.129. The predicted molar refractivity (Wildman–Crippen MR) is 51.2 cm³/mol. The lowest BCUT2D eigenvalue weighted by Crippen LogP contribution is -2.12. The Labute approximate surface area is 94.2 Å². The number of alkyl halides is 2. The van der Waals surface area contributed by atoms with Gasteiger partial charge in [0, 0.05) is 13.2 Å². The highest BCUT2D eigenvalue weighted by atomic mass is 19.3. The number of rotatable bonds is 4. The van der Waals surface area contributed by atoms with Crippen molar-refractivity contribution >= 4 is 5.78 Å². The van der Waals surface area contributed by atoms with E-state index in [1.165, 1.54) is 10.9 Å². The van der Waals surface area contributed by atoms with Crippen LogP contribution in [-0.4, -0.2) is 32.1 Å². The van der Waals surface area contributed by atoms with E-state index < -0.39 is 18.6 Å². The molecule has 0 aliphatic rings. The fraction of sp³-hybridized carbons (Fsp3) is 0.333. The van der Waals surface area contributed by atoms with Crippen molar-refractivity contribution in [3.63, 3.8) is 0 Å². The normalized spacial score (nSPS) is 11.1. The molecule has 0 spiro atoms. The second-order valence-electron chi connectivity index (χ2n) is 3.36. The average Bonchev–Trinajstić information content (AvgIpc) is 2.86. The summed E-state index contributed by atoms with van der Waals surface area (Å²) in [6, 6.07) is 0. The van der Waals surface area contributed by atoms with Gasteiger partial charge in [-0.15, -0.1) is 0 Å². The Kier molecular flexibility index (Phi) is 2.94. The highest BCUT2D eigenvalue weighted by Gasteiger charge is 2.20. The van der Waals surface area contributed by atoms with Gasteiger partial charge in [-0.1, -0.05) is 5.16 Å². The van der Waals surface area contributed by atoms with Crippen molar-refractivity contribution in [1.29, 1.82) is 0 Å². The summed E-state index contributed by atoms with van der Waals surface area (Å²) < 4.78 is 30.2. The summed E-state index contributed by atoms with van der Waals surface area (Å²) in [5.41, 5.74) is 0.590. The number of carbonyl (C=O) groups excluding carboxylic acids is 1. The predicted octanol–water partition coefficient (Wildman–Crippen LogP) is 0.847. The molecular formula is C9H8F2N4O2. The van der Waals surface area contributed by atoms with Gasteiger partial charge < -0.3 is 4.52 Å². The van der Waals surface area contributed by atoms with Crippen LogP contribution in [-0.2, 0) is 18.3 Å². The van der Waals surface area contributed by atoms with E-state index in [-0.39, 0.29) is 11.7 Å². The summed E-state index contributed by atoms with van der Waals surface area (Å²) in [7, 11) is 1.71. The summed E-state index contributed by atoms with van der Waals surface area (Å²) in [6.07, 6.45) is -0.443. The molecule has 0 radical (unpaired) electrons. The Balaban J connectivity index is 2.14. The van der Waals surface area contributed by atoms with Crippen LogP contribution in [0.15, 0.2) is 16.9 Å². The highest BCUT2D eigenvalue weighted by Crippen LogP contribution is 2.14. The SMILES string of the molecule is Cn1cc(-c2noc(CC(=O)C(F)F)n2)cn1. The quantitative estimate of drug-likeness (QED) is 0.794. The number of hydrogen-bond acceptors (Lipinski definition) is 5. The standard InChI is InChI=1S/C9H8F2N4O2/c1-15-4-5(3-12-15)9-13-7(17-14-9)2-6(16)8(10)11/h3-4,8H,2H2,1H3. The molecule has 2 aromatic rings. The first-order valence-electron chi connectivity index (χ1n) is 4.68. The first-order valence-corrected chi connectivity index (χ1v) is 4.68. The van der Waals surface area contributed by atoms with Crippen LogP contribution in [0, 0.1) is 0 Å². The Hall–Kier alpha value is -2.12. The van der Waals surface area contributed by atoms with E-state index >= 15 is 0 Å². The molecule has 0 aliphatic carbocycles. The van der Waals surface area contributed by atoms with Gasteiger partial charge in [0.2, 0.25) is 17.5 Å². The molecule has 90 valence electrons. The van der Waals surface area contributed by atoms with E-state index in [9.17, 15) is 13.6 Å². The fourth-order valence-electron chi connectivity index (χ4n) is 1.21. The zero-order valence-electron chi connectivity index (χ0n) is 8.80. The monoisotopic (exact) mass is 242 g/mol. The van der Waals surface area contributed by atoms with Crippen molar-refractivity contribution in [1.82, 2.24) is 19.9 Å². The maximum atomic E-state index is 12.0. The van der Waals surface area contributed by atoms with Crippen molar-refractivity contribution in [2.75, 3.05) is 0 Å². The molecule has 0 unspecified atom stereocenters. The van der Waals surface area contributed by atoms with Gasteiger partial charge in [-0.25, -0.2) is 8.78 Å². The Bertz CT molecular complexity index is 535. The third kappa shape index (κ3) is 2.52. The van der Waals surface area contributed by atoms with E-state index in [0.717, 1.165) is 0 Å². The third-order valence-corrected chi connectivity index (χ3v) is 2.00. The van der Waals surface area contributed by atoms with Gasteiger partial charge in [-0.2, -0.15) is 10.1 Å². The number of carbonyl (C=O) groups is 1. The van der Waals surface area contributed by atoms with Crippen LogP contribution in [0.25, 0.3) is 11.4 Å². The minimum atomic E-state index is -3.02. The Morgan fingerprint density at radius 1 is 1.59 bits per heavy atom. The lowest BCUT2D eigenvalue weighted by atomic mass is 10.3. The lowest BCUT2D eigenvalue weighted by Gasteiger charge is -1.92. The minimum Gasteiger partial charge on any atom is -0.338 e. The molecule has 0 fully saturated rings. The number of halogens is 2. The van der Waals surface area contributed by atoms with Gasteiger partial charge in [0.25, 0.3) is 6.43 Å². The topological polar surface area (TPSA) is 73.8 Å². The molecule has 0 bridgehead atoms. The number of nitrogens with zero attached hydrogens (tertiary/aromatic N) is 4. The molecule has 2 rings (SSSR count). The molecule has 0 atom stereocenters. The zero-order chi connectivity index (χ0) is 12.4. The van der Waals surface area contributed by atoms with Gasteiger partial charge >= 0.3 is 0 Å². The molecular weight excluding hydrogens is 234 g/mol. The van der Waals surface area contributed by atoms with Crippen molar-refractivity contribution in [3.05, 3.63) is 18.3 Å². The van der Waals surface area contributed by atoms with Crippen LogP contribution >= 0.6 is 0 Å². The Morgan fingerprint density at radius 2 is 2.35 bits per heavy atom. The number of ketones is 1. The summed E-state index contributed by atoms with van der Waals surface area (Å²) in [4.78, 5) is 14.6. The molecule has 0 aromatic carbocycles. The molecule has 0 saturated carbocycles. The molecule has 0 amide bonds. The van der Waals surface area contributed by atoms with Gasteiger partial charge in [-0.05, 0) is 0 Å². The molecule has 0 saturated heterocycles. The van der Waals surface area contributed by atoms with Crippen molar-refractivity contribution < 1.29 is 18.1 Å². The van der Waals surface area contributed by atoms with Crippen LogP contribution in [0.4, 0.5) is 8.78 Å². The van der Waals surface area contributed by atoms with Crippen LogP contribution < -0.4 is 0 Å².